The molecule has 154 valence electrons. The molecule has 8 nitrogen and oxygen atoms in total. The minimum absolute atomic E-state index is 0.601. The zero-order valence-corrected chi connectivity index (χ0v) is 17.2. The lowest BCUT2D eigenvalue weighted by Crippen LogP contribution is -2.46. The van der Waals surface area contributed by atoms with Crippen LogP contribution in [-0.2, 0) is 23.0 Å². The van der Waals surface area contributed by atoms with Crippen molar-refractivity contribution in [2.45, 2.75) is 13.0 Å². The molecule has 0 spiro atoms. The second-order valence-corrected chi connectivity index (χ2v) is 9.27. The lowest BCUT2D eigenvalue weighted by molar-refractivity contribution is 0.128. The molecular weight excluding hydrogens is 390 g/mol. The molecule has 0 aliphatic carbocycles. The van der Waals surface area contributed by atoms with Crippen LogP contribution < -0.4 is 4.72 Å². The fraction of sp³-hybridized carbons (Fsp3) is 0.400. The van der Waals surface area contributed by atoms with E-state index in [0.717, 1.165) is 63.0 Å². The summed E-state index contributed by atoms with van der Waals surface area (Å²) in [6.07, 6.45) is 2.11. The fourth-order valence-corrected chi connectivity index (χ4v) is 4.16. The number of hydrogen-bond acceptors (Lipinski definition) is 7. The van der Waals surface area contributed by atoms with E-state index in [1.807, 2.05) is 36.4 Å². The van der Waals surface area contributed by atoms with E-state index in [0.29, 0.717) is 5.69 Å². The molecule has 0 radical (unpaired) electrons. The molecule has 1 fully saturated rings. The minimum Gasteiger partial charge on any atom is -0.300 e. The van der Waals surface area contributed by atoms with Gasteiger partial charge < -0.3 is 4.90 Å². The summed E-state index contributed by atoms with van der Waals surface area (Å²) in [7, 11) is -3.23. The Morgan fingerprint density at radius 1 is 0.931 bits per heavy atom. The molecule has 0 bridgehead atoms. The number of nitrogens with one attached hydrogen (secondary N) is 1. The van der Waals surface area contributed by atoms with E-state index >= 15 is 0 Å². The van der Waals surface area contributed by atoms with Crippen molar-refractivity contribution in [3.05, 3.63) is 53.6 Å². The predicted octanol–water partition coefficient (Wildman–Crippen LogP) is 1.95. The first-order valence-electron chi connectivity index (χ1n) is 9.67. The van der Waals surface area contributed by atoms with Crippen LogP contribution in [0.4, 0.5) is 5.69 Å². The molecule has 29 heavy (non-hydrogen) atoms. The Balaban J connectivity index is 1.22. The molecule has 0 amide bonds. The quantitative estimate of drug-likeness (QED) is 0.631. The molecular formula is C20H25N5O3S. The van der Waals surface area contributed by atoms with Crippen molar-refractivity contribution in [1.29, 1.82) is 0 Å². The highest BCUT2D eigenvalue weighted by molar-refractivity contribution is 7.92. The highest BCUT2D eigenvalue weighted by Crippen LogP contribution is 2.15. The summed E-state index contributed by atoms with van der Waals surface area (Å²) in [4.78, 5) is 4.93. The van der Waals surface area contributed by atoms with Gasteiger partial charge in [0, 0.05) is 45.0 Å². The summed E-state index contributed by atoms with van der Waals surface area (Å²) in [5.41, 5.74) is 4.63. The molecule has 1 saturated heterocycles. The van der Waals surface area contributed by atoms with Gasteiger partial charge in [0.25, 0.3) is 0 Å². The Labute approximate surface area is 170 Å². The van der Waals surface area contributed by atoms with Crippen molar-refractivity contribution in [2.75, 3.05) is 43.7 Å². The largest absolute Gasteiger partial charge is 0.300 e. The number of benzene rings is 2. The van der Waals surface area contributed by atoms with Gasteiger partial charge in [0.2, 0.25) is 10.0 Å². The van der Waals surface area contributed by atoms with Crippen LogP contribution >= 0.6 is 0 Å². The molecule has 1 N–H and O–H groups in total. The standard InChI is InChI=1S/C20H25N5O3S/c1-29(26,27)23-18-5-2-16(3-6-18)8-9-24-10-12-25(13-11-24)15-17-4-7-19-20(14-17)22-28-21-19/h2-7,14,23H,8-13,15H2,1H3. The third-order valence-corrected chi connectivity index (χ3v) is 5.77. The van der Waals surface area contributed by atoms with Crippen molar-refractivity contribution >= 4 is 26.7 Å². The van der Waals surface area contributed by atoms with Gasteiger partial charge >= 0.3 is 0 Å². The number of fused-ring (bicyclic) bond motifs is 1. The summed E-state index contributed by atoms with van der Waals surface area (Å²) in [6, 6.07) is 13.7. The van der Waals surface area contributed by atoms with E-state index in [-0.39, 0.29) is 0 Å². The molecule has 0 atom stereocenters. The van der Waals surface area contributed by atoms with E-state index in [4.69, 9.17) is 4.63 Å². The van der Waals surface area contributed by atoms with Gasteiger partial charge in [0.15, 0.2) is 0 Å². The molecule has 4 rings (SSSR count). The second-order valence-electron chi connectivity index (χ2n) is 7.53. The Hall–Kier alpha value is -2.49. The summed E-state index contributed by atoms with van der Waals surface area (Å²) in [5, 5.41) is 7.76. The van der Waals surface area contributed by atoms with Gasteiger partial charge in [-0.2, -0.15) is 0 Å². The van der Waals surface area contributed by atoms with E-state index in [9.17, 15) is 8.42 Å². The van der Waals surface area contributed by atoms with E-state index < -0.39 is 10.0 Å². The van der Waals surface area contributed by atoms with Gasteiger partial charge in [-0.05, 0) is 52.1 Å². The van der Waals surface area contributed by atoms with Crippen LogP contribution in [0.3, 0.4) is 0 Å². The second kappa shape index (κ2) is 8.48. The monoisotopic (exact) mass is 415 g/mol. The van der Waals surface area contributed by atoms with Crippen LogP contribution in [0.2, 0.25) is 0 Å². The number of piperazine rings is 1. The average molecular weight is 416 g/mol. The molecule has 1 aliphatic heterocycles. The Kier molecular flexibility index (Phi) is 5.79. The average Bonchev–Trinajstić information content (AvgIpc) is 3.15. The van der Waals surface area contributed by atoms with Crippen molar-refractivity contribution in [3.8, 4) is 0 Å². The van der Waals surface area contributed by atoms with Gasteiger partial charge in [-0.1, -0.05) is 18.2 Å². The van der Waals surface area contributed by atoms with Crippen molar-refractivity contribution in [3.63, 3.8) is 0 Å². The summed E-state index contributed by atoms with van der Waals surface area (Å²) >= 11 is 0. The van der Waals surface area contributed by atoms with Crippen molar-refractivity contribution < 1.29 is 13.0 Å². The number of nitrogens with zero attached hydrogens (tertiary/aromatic N) is 4. The fourth-order valence-electron chi connectivity index (χ4n) is 3.60. The molecule has 2 aromatic carbocycles. The summed E-state index contributed by atoms with van der Waals surface area (Å²) in [6.45, 7) is 6.07. The molecule has 0 saturated carbocycles. The topological polar surface area (TPSA) is 91.6 Å². The smallest absolute Gasteiger partial charge is 0.229 e. The first-order valence-corrected chi connectivity index (χ1v) is 11.6. The van der Waals surface area contributed by atoms with Crippen LogP contribution in [0.5, 0.6) is 0 Å². The molecule has 1 aromatic heterocycles. The lowest BCUT2D eigenvalue weighted by atomic mass is 10.1. The number of sulfonamides is 1. The van der Waals surface area contributed by atoms with Crippen molar-refractivity contribution in [1.82, 2.24) is 20.1 Å². The minimum atomic E-state index is -3.23. The predicted molar refractivity (Wildman–Crippen MR) is 112 cm³/mol. The zero-order valence-electron chi connectivity index (χ0n) is 16.4. The molecule has 1 aliphatic rings. The Morgan fingerprint density at radius 2 is 1.59 bits per heavy atom. The van der Waals surface area contributed by atoms with E-state index in [2.05, 4.69) is 30.9 Å². The molecule has 3 aromatic rings. The van der Waals surface area contributed by atoms with Crippen LogP contribution in [0, 0.1) is 0 Å². The highest BCUT2D eigenvalue weighted by Gasteiger charge is 2.17. The third kappa shape index (κ3) is 5.53. The summed E-state index contributed by atoms with van der Waals surface area (Å²) < 4.78 is 29.8. The number of hydrogen-bond donors (Lipinski definition) is 1. The van der Waals surface area contributed by atoms with Crippen LogP contribution in [-0.4, -0.2) is 67.5 Å². The SMILES string of the molecule is CS(=O)(=O)Nc1ccc(CCN2CCN(Cc3ccc4nonc4c3)CC2)cc1. The van der Waals surface area contributed by atoms with Gasteiger partial charge in [0.1, 0.15) is 11.0 Å². The number of rotatable bonds is 7. The normalized spacial score (nSPS) is 16.3. The van der Waals surface area contributed by atoms with E-state index in [1.165, 1.54) is 11.1 Å². The third-order valence-electron chi connectivity index (χ3n) is 5.16. The van der Waals surface area contributed by atoms with Gasteiger partial charge in [-0.25, -0.2) is 13.0 Å². The van der Waals surface area contributed by atoms with Crippen LogP contribution in [0.15, 0.2) is 47.1 Å². The zero-order chi connectivity index (χ0) is 20.3. The number of anilines is 1. The van der Waals surface area contributed by atoms with Gasteiger partial charge in [-0.3, -0.25) is 9.62 Å². The van der Waals surface area contributed by atoms with Gasteiger partial charge in [0.05, 0.1) is 6.26 Å². The first kappa shape index (κ1) is 19.8. The van der Waals surface area contributed by atoms with E-state index in [1.54, 1.807) is 0 Å². The van der Waals surface area contributed by atoms with Crippen LogP contribution in [0.25, 0.3) is 11.0 Å². The Bertz CT molecular complexity index is 1060. The maximum Gasteiger partial charge on any atom is 0.229 e. The highest BCUT2D eigenvalue weighted by atomic mass is 32.2. The maximum absolute atomic E-state index is 11.3. The molecule has 9 heteroatoms. The van der Waals surface area contributed by atoms with Gasteiger partial charge in [-0.15, -0.1) is 0 Å². The van der Waals surface area contributed by atoms with Crippen LogP contribution in [0.1, 0.15) is 11.1 Å². The summed E-state index contributed by atoms with van der Waals surface area (Å²) in [5.74, 6) is 0. The molecule has 2 heterocycles. The Morgan fingerprint density at radius 3 is 2.31 bits per heavy atom. The maximum atomic E-state index is 11.3. The molecule has 0 unspecified atom stereocenters. The first-order chi connectivity index (χ1) is 13.9. The lowest BCUT2D eigenvalue weighted by Gasteiger charge is -2.34. The van der Waals surface area contributed by atoms with Crippen molar-refractivity contribution in [2.24, 2.45) is 0 Å². The number of aromatic nitrogens is 2.